The highest BCUT2D eigenvalue weighted by Crippen LogP contribution is 2.25. The Morgan fingerprint density at radius 3 is 2.45 bits per heavy atom. The highest BCUT2D eigenvalue weighted by Gasteiger charge is 2.27. The van der Waals surface area contributed by atoms with Crippen LogP contribution in [0.15, 0.2) is 29.2 Å². The van der Waals surface area contributed by atoms with Gasteiger partial charge in [0.15, 0.2) is 0 Å². The van der Waals surface area contributed by atoms with E-state index in [1.807, 2.05) is 30.5 Å². The van der Waals surface area contributed by atoms with Gasteiger partial charge in [0.05, 0.1) is 11.5 Å². The maximum absolute atomic E-state index is 12.3. The summed E-state index contributed by atoms with van der Waals surface area (Å²) in [6.07, 6.45) is 4.72. The van der Waals surface area contributed by atoms with Crippen LogP contribution in [0.25, 0.3) is 0 Å². The molecule has 20 heavy (non-hydrogen) atoms. The Balaban J connectivity index is 1.94. The van der Waals surface area contributed by atoms with Crippen molar-refractivity contribution in [2.75, 3.05) is 6.26 Å². The van der Waals surface area contributed by atoms with E-state index in [9.17, 15) is 9.59 Å². The first-order valence-electron chi connectivity index (χ1n) is 6.78. The van der Waals surface area contributed by atoms with Gasteiger partial charge < -0.3 is 10.4 Å². The number of rotatable bonds is 4. The smallest absolute Gasteiger partial charge is 0.306 e. The van der Waals surface area contributed by atoms with Crippen LogP contribution in [0.1, 0.15) is 36.0 Å². The number of benzene rings is 1. The van der Waals surface area contributed by atoms with Crippen molar-refractivity contribution in [1.29, 1.82) is 0 Å². The Hall–Kier alpha value is -1.49. The molecule has 1 fully saturated rings. The standard InChI is InChI=1S/C15H19NO3S/c1-20-13-5-3-2-4-12(13)14(17)16-11-8-6-10(7-9-11)15(18)19/h2-5,10-11H,6-9H2,1H3,(H,16,17)(H,18,19). The Morgan fingerprint density at radius 1 is 1.20 bits per heavy atom. The van der Waals surface area contributed by atoms with Crippen LogP contribution in [0.4, 0.5) is 0 Å². The van der Waals surface area contributed by atoms with E-state index in [-0.39, 0.29) is 17.9 Å². The van der Waals surface area contributed by atoms with Gasteiger partial charge in [0.2, 0.25) is 0 Å². The van der Waals surface area contributed by atoms with Gasteiger partial charge in [0, 0.05) is 10.9 Å². The van der Waals surface area contributed by atoms with E-state index in [1.165, 1.54) is 0 Å². The van der Waals surface area contributed by atoms with Crippen LogP contribution in [0.5, 0.6) is 0 Å². The summed E-state index contributed by atoms with van der Waals surface area (Å²) in [4.78, 5) is 24.1. The first-order chi connectivity index (χ1) is 9.61. The van der Waals surface area contributed by atoms with E-state index in [4.69, 9.17) is 5.11 Å². The molecular formula is C15H19NO3S. The molecule has 1 aromatic carbocycles. The number of amides is 1. The highest BCUT2D eigenvalue weighted by atomic mass is 32.2. The molecule has 0 bridgehead atoms. The Kier molecular flexibility index (Phi) is 5.06. The van der Waals surface area contributed by atoms with Crippen molar-refractivity contribution in [3.05, 3.63) is 29.8 Å². The molecule has 0 unspecified atom stereocenters. The van der Waals surface area contributed by atoms with Crippen molar-refractivity contribution >= 4 is 23.6 Å². The van der Waals surface area contributed by atoms with Crippen LogP contribution in [0, 0.1) is 5.92 Å². The summed E-state index contributed by atoms with van der Waals surface area (Å²) in [5.74, 6) is -1.03. The molecule has 0 aliphatic heterocycles. The normalized spacial score (nSPS) is 22.2. The molecule has 1 aliphatic rings. The van der Waals surface area contributed by atoms with E-state index in [2.05, 4.69) is 5.32 Å². The Morgan fingerprint density at radius 2 is 1.85 bits per heavy atom. The van der Waals surface area contributed by atoms with E-state index >= 15 is 0 Å². The number of nitrogens with one attached hydrogen (secondary N) is 1. The predicted octanol–water partition coefficient (Wildman–Crippen LogP) is 2.78. The number of hydrogen-bond acceptors (Lipinski definition) is 3. The van der Waals surface area contributed by atoms with Crippen molar-refractivity contribution in [2.24, 2.45) is 5.92 Å². The summed E-state index contributed by atoms with van der Waals surface area (Å²) in [6, 6.07) is 7.62. The van der Waals surface area contributed by atoms with Crippen LogP contribution in [0.2, 0.25) is 0 Å². The molecule has 0 atom stereocenters. The number of carbonyl (C=O) groups is 2. The maximum Gasteiger partial charge on any atom is 0.306 e. The summed E-state index contributed by atoms with van der Waals surface area (Å²) >= 11 is 1.55. The minimum absolute atomic E-state index is 0.0614. The van der Waals surface area contributed by atoms with Gasteiger partial charge in [-0.05, 0) is 44.1 Å². The third-order valence-corrected chi connectivity index (χ3v) is 4.56. The van der Waals surface area contributed by atoms with Crippen LogP contribution in [-0.4, -0.2) is 29.3 Å². The fourth-order valence-corrected chi connectivity index (χ4v) is 3.18. The zero-order valence-corrected chi connectivity index (χ0v) is 12.3. The third kappa shape index (κ3) is 3.54. The molecule has 1 aliphatic carbocycles. The summed E-state index contributed by atoms with van der Waals surface area (Å²) in [5.41, 5.74) is 0.695. The molecule has 2 N–H and O–H groups in total. The Labute approximate surface area is 123 Å². The van der Waals surface area contributed by atoms with Crippen LogP contribution in [-0.2, 0) is 4.79 Å². The predicted molar refractivity (Wildman–Crippen MR) is 79.1 cm³/mol. The molecule has 0 aromatic heterocycles. The van der Waals surface area contributed by atoms with Gasteiger partial charge in [-0.1, -0.05) is 12.1 Å². The van der Waals surface area contributed by atoms with Gasteiger partial charge in [-0.2, -0.15) is 0 Å². The molecule has 4 nitrogen and oxygen atoms in total. The lowest BCUT2D eigenvalue weighted by molar-refractivity contribution is -0.142. The average Bonchev–Trinajstić information content (AvgIpc) is 2.47. The van der Waals surface area contributed by atoms with Crippen molar-refractivity contribution in [3.8, 4) is 0 Å². The lowest BCUT2D eigenvalue weighted by Crippen LogP contribution is -2.38. The minimum atomic E-state index is -0.720. The first-order valence-corrected chi connectivity index (χ1v) is 8.01. The highest BCUT2D eigenvalue weighted by molar-refractivity contribution is 7.98. The number of thioether (sulfide) groups is 1. The molecule has 2 rings (SSSR count). The summed E-state index contributed by atoms with van der Waals surface area (Å²) in [5, 5.41) is 12.0. The van der Waals surface area contributed by atoms with E-state index in [0.717, 1.165) is 17.7 Å². The average molecular weight is 293 g/mol. The molecule has 108 valence electrons. The third-order valence-electron chi connectivity index (χ3n) is 3.76. The van der Waals surface area contributed by atoms with Gasteiger partial charge in [-0.25, -0.2) is 0 Å². The second-order valence-electron chi connectivity index (χ2n) is 5.06. The second kappa shape index (κ2) is 6.79. The maximum atomic E-state index is 12.3. The van der Waals surface area contributed by atoms with Gasteiger partial charge in [-0.15, -0.1) is 11.8 Å². The van der Waals surface area contributed by atoms with E-state index in [1.54, 1.807) is 11.8 Å². The molecule has 0 radical (unpaired) electrons. The van der Waals surface area contributed by atoms with Gasteiger partial charge in [0.1, 0.15) is 0 Å². The lowest BCUT2D eigenvalue weighted by Gasteiger charge is -2.27. The number of hydrogen-bond donors (Lipinski definition) is 2. The van der Waals surface area contributed by atoms with Crippen molar-refractivity contribution in [1.82, 2.24) is 5.32 Å². The molecule has 0 saturated heterocycles. The SMILES string of the molecule is CSc1ccccc1C(=O)NC1CCC(C(=O)O)CC1. The summed E-state index contributed by atoms with van der Waals surface area (Å²) in [7, 11) is 0. The van der Waals surface area contributed by atoms with Gasteiger partial charge in [0.25, 0.3) is 5.91 Å². The van der Waals surface area contributed by atoms with Crippen LogP contribution >= 0.6 is 11.8 Å². The van der Waals surface area contributed by atoms with Crippen molar-refractivity contribution in [2.45, 2.75) is 36.6 Å². The van der Waals surface area contributed by atoms with Crippen molar-refractivity contribution in [3.63, 3.8) is 0 Å². The number of carbonyl (C=O) groups excluding carboxylic acids is 1. The number of carboxylic acid groups (broad SMARTS) is 1. The Bertz CT molecular complexity index is 496. The second-order valence-corrected chi connectivity index (χ2v) is 5.91. The van der Waals surface area contributed by atoms with Crippen LogP contribution in [0.3, 0.4) is 0 Å². The number of carboxylic acids is 1. The van der Waals surface area contributed by atoms with Gasteiger partial charge in [-0.3, -0.25) is 9.59 Å². The molecule has 0 spiro atoms. The fourth-order valence-electron chi connectivity index (χ4n) is 2.58. The largest absolute Gasteiger partial charge is 0.481 e. The topological polar surface area (TPSA) is 66.4 Å². The lowest BCUT2D eigenvalue weighted by atomic mass is 9.86. The zero-order valence-electron chi connectivity index (χ0n) is 11.5. The minimum Gasteiger partial charge on any atom is -0.481 e. The molecular weight excluding hydrogens is 274 g/mol. The molecule has 1 saturated carbocycles. The van der Waals surface area contributed by atoms with E-state index < -0.39 is 5.97 Å². The van der Waals surface area contributed by atoms with E-state index in [0.29, 0.717) is 18.4 Å². The molecule has 0 heterocycles. The first kappa shape index (κ1) is 14.9. The summed E-state index contributed by atoms with van der Waals surface area (Å²) < 4.78 is 0. The summed E-state index contributed by atoms with van der Waals surface area (Å²) in [6.45, 7) is 0. The monoisotopic (exact) mass is 293 g/mol. The van der Waals surface area contributed by atoms with Crippen molar-refractivity contribution < 1.29 is 14.7 Å². The van der Waals surface area contributed by atoms with Gasteiger partial charge >= 0.3 is 5.97 Å². The molecule has 1 aromatic rings. The quantitative estimate of drug-likeness (QED) is 0.838. The number of aliphatic carboxylic acids is 1. The van der Waals surface area contributed by atoms with Crippen LogP contribution < -0.4 is 5.32 Å². The zero-order chi connectivity index (χ0) is 14.5. The molecule has 5 heteroatoms. The fraction of sp³-hybridized carbons (Fsp3) is 0.467. The molecule has 1 amide bonds.